The summed E-state index contributed by atoms with van der Waals surface area (Å²) in [5, 5.41) is 10.8. The number of benzene rings is 1. The fourth-order valence-corrected chi connectivity index (χ4v) is 1.43. The third-order valence-corrected chi connectivity index (χ3v) is 2.58. The molecule has 6 heteroatoms. The average Bonchev–Trinajstić information content (AvgIpc) is 2.21. The maximum atomic E-state index is 12.9. The van der Waals surface area contributed by atoms with E-state index in [9.17, 15) is 14.0 Å². The lowest BCUT2D eigenvalue weighted by molar-refractivity contribution is -0.138. The van der Waals surface area contributed by atoms with E-state index in [0.717, 1.165) is 6.07 Å². The Morgan fingerprint density at radius 2 is 2.12 bits per heavy atom. The molecule has 0 spiro atoms. The van der Waals surface area contributed by atoms with Crippen molar-refractivity contribution in [2.24, 2.45) is 0 Å². The van der Waals surface area contributed by atoms with Crippen molar-refractivity contribution in [3.05, 3.63) is 34.1 Å². The van der Waals surface area contributed by atoms with Gasteiger partial charge in [0.05, 0.1) is 5.56 Å². The molecule has 1 aromatic carbocycles. The lowest BCUT2D eigenvalue weighted by Crippen LogP contribution is -2.38. The number of rotatable bonds is 3. The molecule has 0 bridgehead atoms. The van der Waals surface area contributed by atoms with Gasteiger partial charge in [0.1, 0.15) is 11.9 Å². The zero-order valence-corrected chi connectivity index (χ0v) is 9.92. The molecule has 0 heterocycles. The summed E-state index contributed by atoms with van der Waals surface area (Å²) in [5.74, 6) is -2.35. The number of carboxylic acid groups (broad SMARTS) is 1. The van der Waals surface area contributed by atoms with Crippen LogP contribution in [0.4, 0.5) is 4.39 Å². The summed E-state index contributed by atoms with van der Waals surface area (Å²) in [7, 11) is 0. The maximum absolute atomic E-state index is 12.9. The summed E-state index contributed by atoms with van der Waals surface area (Å²) < 4.78 is 13.3. The van der Waals surface area contributed by atoms with Crippen molar-refractivity contribution in [3.8, 4) is 0 Å². The monoisotopic (exact) mass is 289 g/mol. The van der Waals surface area contributed by atoms with Crippen LogP contribution in [0.5, 0.6) is 0 Å². The minimum atomic E-state index is -1.15. The molecule has 1 rings (SSSR count). The van der Waals surface area contributed by atoms with Crippen LogP contribution in [0.1, 0.15) is 17.3 Å². The van der Waals surface area contributed by atoms with Crippen molar-refractivity contribution in [1.82, 2.24) is 5.32 Å². The first-order valence-corrected chi connectivity index (χ1v) is 5.20. The number of carbonyl (C=O) groups is 2. The van der Waals surface area contributed by atoms with E-state index in [1.807, 2.05) is 0 Å². The van der Waals surface area contributed by atoms with Crippen LogP contribution < -0.4 is 5.32 Å². The number of amides is 1. The van der Waals surface area contributed by atoms with Gasteiger partial charge < -0.3 is 10.4 Å². The second-order valence-corrected chi connectivity index (χ2v) is 4.01. The van der Waals surface area contributed by atoms with Gasteiger partial charge in [0.25, 0.3) is 5.91 Å². The SMILES string of the molecule is CC(NC(=O)c1cc(F)ccc1Br)C(=O)O. The fraction of sp³-hybridized carbons (Fsp3) is 0.200. The molecule has 16 heavy (non-hydrogen) atoms. The summed E-state index contributed by atoms with van der Waals surface area (Å²) >= 11 is 3.08. The van der Waals surface area contributed by atoms with Gasteiger partial charge in [-0.2, -0.15) is 0 Å². The number of aliphatic carboxylic acids is 1. The molecule has 0 aromatic heterocycles. The van der Waals surface area contributed by atoms with E-state index in [1.54, 1.807) is 0 Å². The van der Waals surface area contributed by atoms with Crippen LogP contribution in [0.25, 0.3) is 0 Å². The van der Waals surface area contributed by atoms with Gasteiger partial charge in [0, 0.05) is 4.47 Å². The Morgan fingerprint density at radius 3 is 2.69 bits per heavy atom. The minimum absolute atomic E-state index is 0.0631. The topological polar surface area (TPSA) is 66.4 Å². The maximum Gasteiger partial charge on any atom is 0.325 e. The second kappa shape index (κ2) is 5.07. The first-order valence-electron chi connectivity index (χ1n) is 4.40. The van der Waals surface area contributed by atoms with Gasteiger partial charge in [-0.1, -0.05) is 0 Å². The third kappa shape index (κ3) is 3.03. The molecular weight excluding hydrogens is 281 g/mol. The zero-order chi connectivity index (χ0) is 12.3. The van der Waals surface area contributed by atoms with E-state index < -0.39 is 23.7 Å². The molecule has 4 nitrogen and oxygen atoms in total. The Kier molecular flexibility index (Phi) is 4.00. The van der Waals surface area contributed by atoms with Gasteiger partial charge >= 0.3 is 5.97 Å². The number of halogens is 2. The van der Waals surface area contributed by atoms with E-state index in [-0.39, 0.29) is 5.56 Å². The molecule has 1 atom stereocenters. The fourth-order valence-electron chi connectivity index (χ4n) is 1.01. The summed E-state index contributed by atoms with van der Waals surface area (Å²) in [4.78, 5) is 22.1. The highest BCUT2D eigenvalue weighted by Gasteiger charge is 2.17. The van der Waals surface area contributed by atoms with Gasteiger partial charge in [-0.05, 0) is 41.1 Å². The highest BCUT2D eigenvalue weighted by molar-refractivity contribution is 9.10. The summed E-state index contributed by atoms with van der Waals surface area (Å²) in [5.41, 5.74) is 0.0631. The molecule has 0 radical (unpaired) electrons. The predicted molar refractivity (Wildman–Crippen MR) is 58.7 cm³/mol. The largest absolute Gasteiger partial charge is 0.480 e. The van der Waals surface area contributed by atoms with Crippen molar-refractivity contribution < 1.29 is 19.1 Å². The molecule has 1 aromatic rings. The number of nitrogens with one attached hydrogen (secondary N) is 1. The van der Waals surface area contributed by atoms with Crippen LogP contribution >= 0.6 is 15.9 Å². The van der Waals surface area contributed by atoms with E-state index in [2.05, 4.69) is 21.2 Å². The van der Waals surface area contributed by atoms with Crippen LogP contribution in [0.2, 0.25) is 0 Å². The van der Waals surface area contributed by atoms with Crippen LogP contribution in [0.15, 0.2) is 22.7 Å². The van der Waals surface area contributed by atoms with Crippen molar-refractivity contribution in [2.45, 2.75) is 13.0 Å². The number of carbonyl (C=O) groups excluding carboxylic acids is 1. The normalized spacial score (nSPS) is 11.9. The molecule has 1 amide bonds. The van der Waals surface area contributed by atoms with Gasteiger partial charge in [-0.15, -0.1) is 0 Å². The lowest BCUT2D eigenvalue weighted by atomic mass is 10.2. The second-order valence-electron chi connectivity index (χ2n) is 3.16. The highest BCUT2D eigenvalue weighted by Crippen LogP contribution is 2.17. The summed E-state index contributed by atoms with van der Waals surface area (Å²) in [6, 6.07) is 2.59. The Labute approximate surface area is 99.6 Å². The quantitative estimate of drug-likeness (QED) is 0.892. The number of hydrogen-bond donors (Lipinski definition) is 2. The summed E-state index contributed by atoms with van der Waals surface area (Å²) in [6.07, 6.45) is 0. The zero-order valence-electron chi connectivity index (χ0n) is 8.33. The smallest absolute Gasteiger partial charge is 0.325 e. The standard InChI is InChI=1S/C10H9BrFNO3/c1-5(10(15)16)13-9(14)7-4-6(12)2-3-8(7)11/h2-5H,1H3,(H,13,14)(H,15,16). The molecule has 0 fully saturated rings. The highest BCUT2D eigenvalue weighted by atomic mass is 79.9. The van der Waals surface area contributed by atoms with Gasteiger partial charge in [0.2, 0.25) is 0 Å². The van der Waals surface area contributed by atoms with Gasteiger partial charge in [-0.25, -0.2) is 4.39 Å². The Balaban J connectivity index is 2.88. The van der Waals surface area contributed by atoms with Crippen molar-refractivity contribution in [2.75, 3.05) is 0 Å². The molecule has 0 saturated heterocycles. The minimum Gasteiger partial charge on any atom is -0.480 e. The van der Waals surface area contributed by atoms with Crippen LogP contribution in [-0.2, 0) is 4.79 Å². The van der Waals surface area contributed by atoms with Crippen LogP contribution in [-0.4, -0.2) is 23.0 Å². The Hall–Kier alpha value is -1.43. The van der Waals surface area contributed by atoms with Crippen molar-refractivity contribution in [3.63, 3.8) is 0 Å². The van der Waals surface area contributed by atoms with E-state index in [0.29, 0.717) is 4.47 Å². The number of carboxylic acids is 1. The van der Waals surface area contributed by atoms with E-state index in [1.165, 1.54) is 19.1 Å². The molecule has 0 aliphatic rings. The van der Waals surface area contributed by atoms with E-state index >= 15 is 0 Å². The predicted octanol–water partition coefficient (Wildman–Crippen LogP) is 1.79. The first-order chi connectivity index (χ1) is 7.41. The average molecular weight is 290 g/mol. The lowest BCUT2D eigenvalue weighted by Gasteiger charge is -2.10. The first kappa shape index (κ1) is 12.6. The van der Waals surface area contributed by atoms with E-state index in [4.69, 9.17) is 5.11 Å². The van der Waals surface area contributed by atoms with Crippen molar-refractivity contribution in [1.29, 1.82) is 0 Å². The molecule has 0 aliphatic carbocycles. The Bertz CT molecular complexity index is 436. The molecule has 0 aliphatic heterocycles. The van der Waals surface area contributed by atoms with Crippen molar-refractivity contribution >= 4 is 27.8 Å². The molecule has 86 valence electrons. The molecule has 0 saturated carbocycles. The third-order valence-electron chi connectivity index (χ3n) is 1.89. The summed E-state index contributed by atoms with van der Waals surface area (Å²) in [6.45, 7) is 1.33. The van der Waals surface area contributed by atoms with Gasteiger partial charge in [0.15, 0.2) is 0 Å². The molecule has 1 unspecified atom stereocenters. The van der Waals surface area contributed by atoms with Gasteiger partial charge in [-0.3, -0.25) is 9.59 Å². The molecular formula is C10H9BrFNO3. The van der Waals surface area contributed by atoms with Crippen LogP contribution in [0.3, 0.4) is 0 Å². The molecule has 2 N–H and O–H groups in total. The number of hydrogen-bond acceptors (Lipinski definition) is 2. The van der Waals surface area contributed by atoms with Crippen LogP contribution in [0, 0.1) is 5.82 Å². The Morgan fingerprint density at radius 1 is 1.50 bits per heavy atom.